The molecule has 1 heterocycles. The van der Waals surface area contributed by atoms with E-state index in [0.717, 1.165) is 25.9 Å². The maximum Gasteiger partial charge on any atom is 0.320 e. The minimum atomic E-state index is -0.844. The first-order valence-electron chi connectivity index (χ1n) is 7.39. The highest BCUT2D eigenvalue weighted by Crippen LogP contribution is 2.28. The molecule has 0 spiro atoms. The summed E-state index contributed by atoms with van der Waals surface area (Å²) < 4.78 is 0. The average molecular weight is 283 g/mol. The highest BCUT2D eigenvalue weighted by atomic mass is 16.4. The van der Waals surface area contributed by atoms with Crippen molar-refractivity contribution in [2.24, 2.45) is 0 Å². The first kappa shape index (κ1) is 15.1. The second kappa shape index (κ2) is 5.99. The van der Waals surface area contributed by atoms with E-state index in [0.29, 0.717) is 18.6 Å². The summed E-state index contributed by atoms with van der Waals surface area (Å²) in [5.74, 6) is -0.844. The van der Waals surface area contributed by atoms with Crippen LogP contribution in [0.15, 0.2) is 0 Å². The van der Waals surface area contributed by atoms with Crippen molar-refractivity contribution < 1.29 is 14.7 Å². The number of amides is 2. The number of hydrogen-bond donors (Lipinski definition) is 1. The molecule has 0 bridgehead atoms. The molecule has 2 amide bonds. The summed E-state index contributed by atoms with van der Waals surface area (Å²) in [6.07, 6.45) is 2.04. The topological polar surface area (TPSA) is 64.1 Å². The lowest BCUT2D eigenvalue weighted by molar-refractivity contribution is -0.137. The van der Waals surface area contributed by atoms with Crippen molar-refractivity contribution in [3.8, 4) is 0 Å². The molecule has 1 aliphatic heterocycles. The standard InChI is InChI=1S/C14H25N3O3/c1-10-8-16(9-11(2)15(10)3)14(20)17(12-4-5-12)7-6-13(18)19/h10-12H,4-9H2,1-3H3,(H,18,19). The van der Waals surface area contributed by atoms with Crippen LogP contribution >= 0.6 is 0 Å². The van der Waals surface area contributed by atoms with Gasteiger partial charge in [0.2, 0.25) is 0 Å². The fourth-order valence-electron chi connectivity index (χ4n) is 2.78. The number of piperazine rings is 1. The lowest BCUT2D eigenvalue weighted by atomic mass is 10.1. The lowest BCUT2D eigenvalue weighted by Crippen LogP contribution is -2.59. The van der Waals surface area contributed by atoms with Crippen molar-refractivity contribution in [3.05, 3.63) is 0 Å². The molecule has 20 heavy (non-hydrogen) atoms. The molecule has 2 fully saturated rings. The maximum absolute atomic E-state index is 12.6. The van der Waals surface area contributed by atoms with Crippen molar-refractivity contribution >= 4 is 12.0 Å². The molecular weight excluding hydrogens is 258 g/mol. The van der Waals surface area contributed by atoms with E-state index in [9.17, 15) is 9.59 Å². The molecule has 0 aromatic carbocycles. The van der Waals surface area contributed by atoms with Crippen LogP contribution in [0.4, 0.5) is 4.79 Å². The largest absolute Gasteiger partial charge is 0.481 e. The fourth-order valence-corrected chi connectivity index (χ4v) is 2.78. The monoisotopic (exact) mass is 283 g/mol. The molecule has 114 valence electrons. The molecule has 2 unspecified atom stereocenters. The van der Waals surface area contributed by atoms with Gasteiger partial charge in [-0.25, -0.2) is 4.79 Å². The lowest BCUT2D eigenvalue weighted by Gasteiger charge is -2.44. The Labute approximate surface area is 120 Å². The molecule has 0 aromatic rings. The number of urea groups is 1. The molecule has 6 heteroatoms. The number of carboxylic acid groups (broad SMARTS) is 1. The van der Waals surface area contributed by atoms with Crippen LogP contribution in [0.3, 0.4) is 0 Å². The van der Waals surface area contributed by atoms with Gasteiger partial charge in [0.15, 0.2) is 0 Å². The third-order valence-corrected chi connectivity index (χ3v) is 4.43. The van der Waals surface area contributed by atoms with E-state index in [1.54, 1.807) is 4.90 Å². The summed E-state index contributed by atoms with van der Waals surface area (Å²) >= 11 is 0. The molecule has 1 saturated carbocycles. The molecule has 1 N–H and O–H groups in total. The number of likely N-dealkylation sites (N-methyl/N-ethyl adjacent to an activating group) is 1. The normalized spacial score (nSPS) is 27.4. The first-order valence-corrected chi connectivity index (χ1v) is 7.39. The predicted molar refractivity (Wildman–Crippen MR) is 75.6 cm³/mol. The average Bonchev–Trinajstić information content (AvgIpc) is 3.19. The predicted octanol–water partition coefficient (Wildman–Crippen LogP) is 1.07. The molecule has 0 aromatic heterocycles. The smallest absolute Gasteiger partial charge is 0.320 e. The van der Waals surface area contributed by atoms with Crippen LogP contribution in [-0.4, -0.2) is 76.6 Å². The van der Waals surface area contributed by atoms with Gasteiger partial charge < -0.3 is 14.9 Å². The number of rotatable bonds is 4. The van der Waals surface area contributed by atoms with Gasteiger partial charge >= 0.3 is 12.0 Å². The number of nitrogens with zero attached hydrogens (tertiary/aromatic N) is 3. The molecular formula is C14H25N3O3. The summed E-state index contributed by atoms with van der Waals surface area (Å²) in [5, 5.41) is 8.82. The van der Waals surface area contributed by atoms with Gasteiger partial charge in [-0.2, -0.15) is 0 Å². The van der Waals surface area contributed by atoms with Crippen molar-refractivity contribution in [2.45, 2.75) is 51.2 Å². The van der Waals surface area contributed by atoms with Gasteiger partial charge in [-0.15, -0.1) is 0 Å². The summed E-state index contributed by atoms with van der Waals surface area (Å²) in [7, 11) is 2.08. The minimum Gasteiger partial charge on any atom is -0.481 e. The van der Waals surface area contributed by atoms with Gasteiger partial charge in [-0.3, -0.25) is 9.69 Å². The third kappa shape index (κ3) is 3.42. The Kier molecular flexibility index (Phi) is 4.52. The maximum atomic E-state index is 12.6. The quantitative estimate of drug-likeness (QED) is 0.838. The van der Waals surface area contributed by atoms with Crippen LogP contribution in [0.1, 0.15) is 33.1 Å². The van der Waals surface area contributed by atoms with Gasteiger partial charge in [-0.05, 0) is 33.7 Å². The number of carbonyl (C=O) groups excluding carboxylic acids is 1. The number of hydrogen-bond acceptors (Lipinski definition) is 3. The van der Waals surface area contributed by atoms with Gasteiger partial charge in [0, 0.05) is 37.8 Å². The Hall–Kier alpha value is -1.30. The summed E-state index contributed by atoms with van der Waals surface area (Å²) in [6, 6.07) is 0.944. The number of carbonyl (C=O) groups is 2. The third-order valence-electron chi connectivity index (χ3n) is 4.43. The second-order valence-corrected chi connectivity index (χ2v) is 6.12. The van der Waals surface area contributed by atoms with Crippen LogP contribution in [0, 0.1) is 0 Å². The molecule has 2 aliphatic rings. The molecule has 6 nitrogen and oxygen atoms in total. The molecule has 1 saturated heterocycles. The number of carboxylic acids is 1. The summed E-state index contributed by atoms with van der Waals surface area (Å²) in [6.45, 7) is 6.00. The Balaban J connectivity index is 1.98. The summed E-state index contributed by atoms with van der Waals surface area (Å²) in [4.78, 5) is 29.3. The van der Waals surface area contributed by atoms with Crippen molar-refractivity contribution in [2.75, 3.05) is 26.7 Å². The van der Waals surface area contributed by atoms with E-state index < -0.39 is 5.97 Å². The van der Waals surface area contributed by atoms with Crippen LogP contribution in [0.5, 0.6) is 0 Å². The molecule has 1 aliphatic carbocycles. The van der Waals surface area contributed by atoms with E-state index in [2.05, 4.69) is 25.8 Å². The van der Waals surface area contributed by atoms with Gasteiger partial charge in [0.1, 0.15) is 0 Å². The van der Waals surface area contributed by atoms with E-state index >= 15 is 0 Å². The van der Waals surface area contributed by atoms with E-state index in [1.165, 1.54) is 0 Å². The number of aliphatic carboxylic acids is 1. The first-order chi connectivity index (χ1) is 9.40. The second-order valence-electron chi connectivity index (χ2n) is 6.12. The van der Waals surface area contributed by atoms with Crippen molar-refractivity contribution in [1.82, 2.24) is 14.7 Å². The Morgan fingerprint density at radius 3 is 2.20 bits per heavy atom. The molecule has 2 atom stereocenters. The zero-order valence-electron chi connectivity index (χ0n) is 12.6. The zero-order chi connectivity index (χ0) is 14.9. The highest BCUT2D eigenvalue weighted by molar-refractivity contribution is 5.76. The zero-order valence-corrected chi connectivity index (χ0v) is 12.6. The Bertz CT molecular complexity index is 372. The van der Waals surface area contributed by atoms with Crippen LogP contribution < -0.4 is 0 Å². The summed E-state index contributed by atoms with van der Waals surface area (Å²) in [5.41, 5.74) is 0. The van der Waals surface area contributed by atoms with E-state index in [-0.39, 0.29) is 18.5 Å². The van der Waals surface area contributed by atoms with Crippen molar-refractivity contribution in [3.63, 3.8) is 0 Å². The van der Waals surface area contributed by atoms with Gasteiger partial charge in [0.25, 0.3) is 0 Å². The Morgan fingerprint density at radius 1 is 1.20 bits per heavy atom. The molecule has 2 rings (SSSR count). The SMILES string of the molecule is CC1CN(C(=O)N(CCC(=O)O)C2CC2)CC(C)N1C. The molecule has 0 radical (unpaired) electrons. The van der Waals surface area contributed by atoms with Gasteiger partial charge in [-0.1, -0.05) is 0 Å². The van der Waals surface area contributed by atoms with Crippen molar-refractivity contribution in [1.29, 1.82) is 0 Å². The minimum absolute atomic E-state index is 0.0144. The van der Waals surface area contributed by atoms with Crippen LogP contribution in [-0.2, 0) is 4.79 Å². The highest BCUT2D eigenvalue weighted by Gasteiger charge is 2.37. The van der Waals surface area contributed by atoms with Gasteiger partial charge in [0.05, 0.1) is 6.42 Å². The fraction of sp³-hybridized carbons (Fsp3) is 0.857. The van der Waals surface area contributed by atoms with E-state index in [1.807, 2.05) is 4.90 Å². The Morgan fingerprint density at radius 2 is 1.75 bits per heavy atom. The van der Waals surface area contributed by atoms with Crippen LogP contribution in [0.2, 0.25) is 0 Å². The van der Waals surface area contributed by atoms with E-state index in [4.69, 9.17) is 5.11 Å². The van der Waals surface area contributed by atoms with Crippen LogP contribution in [0.25, 0.3) is 0 Å².